The molecule has 41 heavy (non-hydrogen) atoms. The molecular weight excluding hydrogens is 534 g/mol. The number of carboxylic acids is 1. The number of rotatable bonds is 12. The highest BCUT2D eigenvalue weighted by Gasteiger charge is 2.45. The maximum Gasteiger partial charge on any atom is 0.328 e. The van der Waals surface area contributed by atoms with Crippen molar-refractivity contribution in [2.45, 2.75) is 50.7 Å². The highest BCUT2D eigenvalue weighted by molar-refractivity contribution is 5.96. The van der Waals surface area contributed by atoms with Crippen LogP contribution < -0.4 is 27.0 Å². The van der Waals surface area contributed by atoms with Crippen LogP contribution in [0.2, 0.25) is 0 Å². The van der Waals surface area contributed by atoms with Crippen molar-refractivity contribution in [2.24, 2.45) is 5.73 Å². The number of nitrogens with one attached hydrogen (secondary N) is 4. The summed E-state index contributed by atoms with van der Waals surface area (Å²) in [5.74, 6) is -4.06. The minimum Gasteiger partial charge on any atom is -0.508 e. The quantitative estimate of drug-likeness (QED) is 0.146. The molecule has 0 heterocycles. The largest absolute Gasteiger partial charge is 0.508 e. The summed E-state index contributed by atoms with van der Waals surface area (Å²) in [5, 5.41) is 37.5. The van der Waals surface area contributed by atoms with Gasteiger partial charge in [-0.25, -0.2) is 4.79 Å². The number of carboxylic acid groups (broad SMARTS) is 1. The molecule has 0 radical (unpaired) electrons. The standard InChI is InChI=1S/C28H35N5O8/c1-15-7-19(35)8-16(2)20(15)9-21(29)25(38)30-13-24(37)33-28(10-17-5-3-4-6-18(17)11-28)27(41)31-12-23(36)32-22(14-34)26(39)40/h3-8,21-22,34-35H,9-14,29H2,1-2H3,(H,30,38)(H,31,41)(H,32,36)(H,33,37)(H,39,40). The number of hydrogen-bond acceptors (Lipinski definition) is 8. The van der Waals surface area contributed by atoms with Crippen molar-refractivity contribution in [1.82, 2.24) is 21.3 Å². The van der Waals surface area contributed by atoms with Crippen molar-refractivity contribution in [2.75, 3.05) is 19.7 Å². The first-order valence-electron chi connectivity index (χ1n) is 13.0. The van der Waals surface area contributed by atoms with Crippen LogP contribution in [0.3, 0.4) is 0 Å². The molecule has 0 fully saturated rings. The first-order valence-corrected chi connectivity index (χ1v) is 13.0. The Kier molecular flexibility index (Phi) is 10.0. The van der Waals surface area contributed by atoms with Gasteiger partial charge in [0.1, 0.15) is 17.3 Å². The van der Waals surface area contributed by atoms with E-state index in [9.17, 15) is 29.1 Å². The van der Waals surface area contributed by atoms with Crippen LogP contribution in [-0.2, 0) is 43.2 Å². The number of phenols is 1. The van der Waals surface area contributed by atoms with Crippen molar-refractivity contribution in [3.63, 3.8) is 0 Å². The SMILES string of the molecule is Cc1cc(O)cc(C)c1CC(N)C(=O)NCC(=O)NC1(C(=O)NCC(=O)NC(CO)C(=O)O)Cc2ccccc2C1. The van der Waals surface area contributed by atoms with Crippen LogP contribution in [0, 0.1) is 13.8 Å². The molecule has 13 heteroatoms. The Balaban J connectivity index is 1.63. The fourth-order valence-corrected chi connectivity index (χ4v) is 4.90. The van der Waals surface area contributed by atoms with E-state index >= 15 is 0 Å². The first kappa shape index (κ1) is 31.0. The number of aryl methyl sites for hydroxylation is 2. The number of fused-ring (bicyclic) bond motifs is 1. The van der Waals surface area contributed by atoms with Gasteiger partial charge in [0, 0.05) is 12.8 Å². The maximum absolute atomic E-state index is 13.3. The number of aliphatic carboxylic acids is 1. The smallest absolute Gasteiger partial charge is 0.328 e. The summed E-state index contributed by atoms with van der Waals surface area (Å²) < 4.78 is 0. The van der Waals surface area contributed by atoms with Gasteiger partial charge in [0.05, 0.1) is 25.7 Å². The van der Waals surface area contributed by atoms with Gasteiger partial charge in [0.2, 0.25) is 23.6 Å². The Morgan fingerprint density at radius 2 is 1.51 bits per heavy atom. The van der Waals surface area contributed by atoms with E-state index in [2.05, 4.69) is 21.3 Å². The zero-order valence-electron chi connectivity index (χ0n) is 22.8. The van der Waals surface area contributed by atoms with Gasteiger partial charge in [-0.1, -0.05) is 24.3 Å². The monoisotopic (exact) mass is 569 g/mol. The van der Waals surface area contributed by atoms with E-state index in [-0.39, 0.29) is 25.0 Å². The highest BCUT2D eigenvalue weighted by atomic mass is 16.4. The number of aliphatic hydroxyl groups excluding tert-OH is 1. The molecule has 2 atom stereocenters. The van der Waals surface area contributed by atoms with Gasteiger partial charge < -0.3 is 42.3 Å². The molecule has 4 amide bonds. The average Bonchev–Trinajstić information content (AvgIpc) is 3.29. The lowest BCUT2D eigenvalue weighted by molar-refractivity contribution is -0.143. The Morgan fingerprint density at radius 3 is 2.05 bits per heavy atom. The molecular formula is C28H35N5O8. The minimum absolute atomic E-state index is 0.112. The van der Waals surface area contributed by atoms with Crippen molar-refractivity contribution in [3.8, 4) is 5.75 Å². The summed E-state index contributed by atoms with van der Waals surface area (Å²) in [7, 11) is 0. The third-order valence-electron chi connectivity index (χ3n) is 7.01. The molecule has 2 aromatic carbocycles. The Morgan fingerprint density at radius 1 is 0.951 bits per heavy atom. The topological polar surface area (TPSA) is 220 Å². The molecule has 3 rings (SSSR count). The van der Waals surface area contributed by atoms with E-state index in [0.29, 0.717) is 0 Å². The van der Waals surface area contributed by atoms with Crippen molar-refractivity contribution >= 4 is 29.6 Å². The fraction of sp³-hybridized carbons (Fsp3) is 0.393. The van der Waals surface area contributed by atoms with E-state index in [1.54, 1.807) is 38.1 Å². The zero-order valence-corrected chi connectivity index (χ0v) is 22.8. The van der Waals surface area contributed by atoms with Gasteiger partial charge in [-0.2, -0.15) is 0 Å². The Hall–Kier alpha value is -4.49. The summed E-state index contributed by atoms with van der Waals surface area (Å²) in [6, 6.07) is 7.87. The molecule has 1 aliphatic rings. The predicted molar refractivity (Wildman–Crippen MR) is 147 cm³/mol. The summed E-state index contributed by atoms with van der Waals surface area (Å²) in [6.45, 7) is 1.73. The molecule has 13 nitrogen and oxygen atoms in total. The van der Waals surface area contributed by atoms with Gasteiger partial charge >= 0.3 is 5.97 Å². The van der Waals surface area contributed by atoms with Gasteiger partial charge in [-0.3, -0.25) is 19.2 Å². The van der Waals surface area contributed by atoms with E-state index in [4.69, 9.17) is 15.9 Å². The lowest BCUT2D eigenvalue weighted by atomic mass is 9.94. The molecule has 1 aliphatic carbocycles. The van der Waals surface area contributed by atoms with Gasteiger partial charge in [0.15, 0.2) is 0 Å². The summed E-state index contributed by atoms with van der Waals surface area (Å²) in [4.78, 5) is 62.1. The fourth-order valence-electron chi connectivity index (χ4n) is 4.90. The number of aliphatic hydroxyl groups is 1. The minimum atomic E-state index is -1.53. The maximum atomic E-state index is 13.3. The van der Waals surface area contributed by atoms with Crippen LogP contribution in [0.4, 0.5) is 0 Å². The second kappa shape index (κ2) is 13.2. The Labute approximate surface area is 236 Å². The van der Waals surface area contributed by atoms with Crippen LogP contribution in [-0.4, -0.2) is 82.2 Å². The summed E-state index contributed by atoms with van der Waals surface area (Å²) >= 11 is 0. The van der Waals surface area contributed by atoms with E-state index in [1.165, 1.54) is 0 Å². The van der Waals surface area contributed by atoms with Crippen LogP contribution in [0.1, 0.15) is 27.8 Å². The van der Waals surface area contributed by atoms with E-state index in [0.717, 1.165) is 27.8 Å². The number of hydrogen-bond donors (Lipinski definition) is 8. The molecule has 0 spiro atoms. The summed E-state index contributed by atoms with van der Waals surface area (Å²) in [6.07, 6.45) is 0.446. The van der Waals surface area contributed by atoms with Crippen LogP contribution in [0.5, 0.6) is 5.75 Å². The predicted octanol–water partition coefficient (Wildman–Crippen LogP) is -1.67. The lowest BCUT2D eigenvalue weighted by Gasteiger charge is -2.29. The van der Waals surface area contributed by atoms with E-state index in [1.807, 2.05) is 12.1 Å². The molecule has 9 N–H and O–H groups in total. The first-order chi connectivity index (χ1) is 19.3. The molecule has 0 aliphatic heterocycles. The van der Waals surface area contributed by atoms with E-state index < -0.39 is 66.9 Å². The third kappa shape index (κ3) is 7.80. The van der Waals surface area contributed by atoms with Crippen molar-refractivity contribution in [1.29, 1.82) is 0 Å². The second-order valence-electron chi connectivity index (χ2n) is 10.2. The highest BCUT2D eigenvalue weighted by Crippen LogP contribution is 2.30. The summed E-state index contributed by atoms with van der Waals surface area (Å²) in [5.41, 5.74) is 8.63. The lowest BCUT2D eigenvalue weighted by Crippen LogP contribution is -2.62. The number of carbonyl (C=O) groups excluding carboxylic acids is 4. The molecule has 2 aromatic rings. The number of phenolic OH excluding ortho intramolecular Hbond substituents is 1. The van der Waals surface area contributed by atoms with Gasteiger partial charge in [-0.05, 0) is 60.2 Å². The van der Waals surface area contributed by atoms with Crippen molar-refractivity contribution in [3.05, 3.63) is 64.2 Å². The Bertz CT molecular complexity index is 1300. The van der Waals surface area contributed by atoms with Crippen LogP contribution in [0.25, 0.3) is 0 Å². The number of nitrogens with two attached hydrogens (primary N) is 1. The molecule has 0 saturated heterocycles. The molecule has 220 valence electrons. The third-order valence-corrected chi connectivity index (χ3v) is 7.01. The normalized spacial score (nSPS) is 14.7. The second-order valence-corrected chi connectivity index (χ2v) is 10.2. The number of carbonyl (C=O) groups is 5. The molecule has 0 bridgehead atoms. The number of benzene rings is 2. The van der Waals surface area contributed by atoms with Crippen molar-refractivity contribution < 1.29 is 39.3 Å². The zero-order chi connectivity index (χ0) is 30.3. The molecule has 0 aromatic heterocycles. The van der Waals surface area contributed by atoms with Crippen LogP contribution >= 0.6 is 0 Å². The van der Waals surface area contributed by atoms with Crippen LogP contribution in [0.15, 0.2) is 36.4 Å². The van der Waals surface area contributed by atoms with Gasteiger partial charge in [-0.15, -0.1) is 0 Å². The van der Waals surface area contributed by atoms with Gasteiger partial charge in [0.25, 0.3) is 0 Å². The number of aromatic hydroxyl groups is 1. The number of amides is 4. The average molecular weight is 570 g/mol. The molecule has 0 saturated carbocycles. The molecule has 2 unspecified atom stereocenters.